The molecule has 3 atom stereocenters. The normalized spacial score (nSPS) is 25.8. The van der Waals surface area contributed by atoms with E-state index in [1.165, 1.54) is 22.3 Å². The second-order valence-electron chi connectivity index (χ2n) is 8.48. The van der Waals surface area contributed by atoms with Crippen LogP contribution in [0.1, 0.15) is 36.8 Å². The second-order valence-corrected chi connectivity index (χ2v) is 10.7. The van der Waals surface area contributed by atoms with Gasteiger partial charge in [0.15, 0.2) is 0 Å². The molecule has 0 aliphatic carbocycles. The Labute approximate surface area is 180 Å². The van der Waals surface area contributed by atoms with E-state index in [1.54, 1.807) is 11.2 Å². The minimum absolute atomic E-state index is 0.0589. The van der Waals surface area contributed by atoms with Crippen LogP contribution in [0.2, 0.25) is 0 Å². The summed E-state index contributed by atoms with van der Waals surface area (Å²) < 4.78 is 26.8. The molecule has 2 saturated heterocycles. The van der Waals surface area contributed by atoms with Crippen molar-refractivity contribution in [3.63, 3.8) is 0 Å². The molecule has 0 bridgehead atoms. The molecule has 0 radical (unpaired) electrons. The molecule has 162 valence electrons. The van der Waals surface area contributed by atoms with Crippen molar-refractivity contribution in [2.24, 2.45) is 0 Å². The van der Waals surface area contributed by atoms with E-state index in [1.807, 2.05) is 6.07 Å². The third-order valence-electron chi connectivity index (χ3n) is 6.84. The monoisotopic (exact) mass is 428 g/mol. The maximum Gasteiger partial charge on any atom is 0.213 e. The van der Waals surface area contributed by atoms with Gasteiger partial charge in [0.2, 0.25) is 10.0 Å². The summed E-state index contributed by atoms with van der Waals surface area (Å²) in [6.45, 7) is 5.96. The van der Waals surface area contributed by atoms with Gasteiger partial charge in [0.25, 0.3) is 0 Å². The molecule has 2 heterocycles. The Balaban J connectivity index is 1.61. The van der Waals surface area contributed by atoms with Crippen LogP contribution in [0.3, 0.4) is 0 Å². The summed E-state index contributed by atoms with van der Waals surface area (Å²) >= 11 is 0. The molecule has 0 saturated carbocycles. The van der Waals surface area contributed by atoms with Gasteiger partial charge in [-0.05, 0) is 55.5 Å². The Morgan fingerprint density at radius 1 is 1.03 bits per heavy atom. The van der Waals surface area contributed by atoms with Crippen LogP contribution < -0.4 is 0 Å². The van der Waals surface area contributed by atoms with E-state index in [0.29, 0.717) is 13.1 Å². The van der Waals surface area contributed by atoms with Gasteiger partial charge >= 0.3 is 0 Å². The Morgan fingerprint density at radius 2 is 1.73 bits per heavy atom. The molecule has 0 spiro atoms. The van der Waals surface area contributed by atoms with Crippen molar-refractivity contribution in [3.05, 3.63) is 59.7 Å². The minimum atomic E-state index is -3.22. The topological polar surface area (TPSA) is 60.9 Å². The van der Waals surface area contributed by atoms with Gasteiger partial charge in [-0.2, -0.15) is 0 Å². The molecule has 2 aliphatic heterocycles. The molecule has 2 fully saturated rings. The molecule has 2 aromatic rings. The first-order valence-corrected chi connectivity index (χ1v) is 12.6. The average Bonchev–Trinajstić information content (AvgIpc) is 2.73. The second kappa shape index (κ2) is 8.79. The van der Waals surface area contributed by atoms with Crippen LogP contribution in [0.15, 0.2) is 48.5 Å². The highest BCUT2D eigenvalue weighted by molar-refractivity contribution is 7.89. The van der Waals surface area contributed by atoms with Crippen molar-refractivity contribution in [2.45, 2.75) is 44.7 Å². The van der Waals surface area contributed by atoms with E-state index in [0.717, 1.165) is 19.4 Å². The molecule has 0 amide bonds. The molecule has 2 aromatic carbocycles. The third-order valence-corrected chi connectivity index (χ3v) is 8.69. The molecular weight excluding hydrogens is 396 g/mol. The van der Waals surface area contributed by atoms with E-state index in [-0.39, 0.29) is 30.4 Å². The van der Waals surface area contributed by atoms with Gasteiger partial charge in [0, 0.05) is 31.1 Å². The molecular formula is C24H32N2O3S. The van der Waals surface area contributed by atoms with E-state index in [4.69, 9.17) is 0 Å². The number of benzene rings is 2. The zero-order valence-electron chi connectivity index (χ0n) is 17.9. The zero-order chi connectivity index (χ0) is 21.3. The maximum atomic E-state index is 12.6. The first-order valence-electron chi connectivity index (χ1n) is 11.0. The molecule has 2 aliphatic rings. The number of hydrogen-bond acceptors (Lipinski definition) is 4. The number of aliphatic hydroxyl groups excluding tert-OH is 1. The Bertz CT molecular complexity index is 974. The van der Waals surface area contributed by atoms with Crippen molar-refractivity contribution in [3.8, 4) is 11.1 Å². The highest BCUT2D eigenvalue weighted by Gasteiger charge is 2.49. The quantitative estimate of drug-likeness (QED) is 0.794. The van der Waals surface area contributed by atoms with E-state index >= 15 is 0 Å². The van der Waals surface area contributed by atoms with Crippen molar-refractivity contribution < 1.29 is 13.5 Å². The van der Waals surface area contributed by atoms with Gasteiger partial charge in [-0.1, -0.05) is 48.5 Å². The molecule has 5 nitrogen and oxygen atoms in total. The van der Waals surface area contributed by atoms with Crippen LogP contribution in [0.5, 0.6) is 0 Å². The average molecular weight is 429 g/mol. The van der Waals surface area contributed by atoms with Crippen molar-refractivity contribution in [1.29, 1.82) is 0 Å². The number of sulfonamides is 1. The van der Waals surface area contributed by atoms with Gasteiger partial charge < -0.3 is 5.11 Å². The lowest BCUT2D eigenvalue weighted by Crippen LogP contribution is -2.67. The SMILES string of the molecule is CCS(=O)(=O)N1CCCCN2[C@@H](CO)[C@@H](c3ccc(-c4ccccc4C)cc3)[C@@H]2C1. The number of rotatable bonds is 5. The largest absolute Gasteiger partial charge is 0.395 e. The predicted molar refractivity (Wildman–Crippen MR) is 121 cm³/mol. The lowest BCUT2D eigenvalue weighted by atomic mass is 9.74. The Hall–Kier alpha value is -1.73. The van der Waals surface area contributed by atoms with Crippen molar-refractivity contribution >= 4 is 10.0 Å². The molecule has 30 heavy (non-hydrogen) atoms. The van der Waals surface area contributed by atoms with Crippen LogP contribution in [-0.2, 0) is 10.0 Å². The van der Waals surface area contributed by atoms with Crippen LogP contribution in [0.4, 0.5) is 0 Å². The van der Waals surface area contributed by atoms with Crippen LogP contribution >= 0.6 is 0 Å². The number of aliphatic hydroxyl groups is 1. The summed E-state index contributed by atoms with van der Waals surface area (Å²) in [5.74, 6) is 0.285. The minimum Gasteiger partial charge on any atom is -0.395 e. The Morgan fingerprint density at radius 3 is 2.40 bits per heavy atom. The highest BCUT2D eigenvalue weighted by atomic mass is 32.2. The van der Waals surface area contributed by atoms with E-state index in [9.17, 15) is 13.5 Å². The zero-order valence-corrected chi connectivity index (χ0v) is 18.7. The molecule has 4 rings (SSSR count). The van der Waals surface area contributed by atoms with E-state index < -0.39 is 10.0 Å². The molecule has 6 heteroatoms. The van der Waals surface area contributed by atoms with Crippen LogP contribution in [-0.4, -0.2) is 66.8 Å². The van der Waals surface area contributed by atoms with Crippen molar-refractivity contribution in [2.75, 3.05) is 32.0 Å². The smallest absolute Gasteiger partial charge is 0.213 e. The lowest BCUT2D eigenvalue weighted by molar-refractivity contribution is -0.0553. The third kappa shape index (κ3) is 3.94. The standard InChI is InChI=1S/C24H32N2O3S/c1-3-30(28,29)25-14-6-7-15-26-22(16-25)24(23(26)17-27)20-12-10-19(11-13-20)21-9-5-4-8-18(21)2/h4-5,8-13,22-24,27H,3,6-7,14-17H2,1-2H3/t22-,23-,24-/m0/s1. The summed E-state index contributed by atoms with van der Waals surface area (Å²) in [6.07, 6.45) is 1.83. The van der Waals surface area contributed by atoms with Gasteiger partial charge in [-0.3, -0.25) is 4.90 Å². The van der Waals surface area contributed by atoms with Crippen LogP contribution in [0.25, 0.3) is 11.1 Å². The summed E-state index contributed by atoms with van der Waals surface area (Å²) in [5.41, 5.74) is 4.83. The highest BCUT2D eigenvalue weighted by Crippen LogP contribution is 2.42. The fraction of sp³-hybridized carbons (Fsp3) is 0.500. The molecule has 0 unspecified atom stereocenters. The van der Waals surface area contributed by atoms with Crippen LogP contribution in [0, 0.1) is 6.92 Å². The lowest BCUT2D eigenvalue weighted by Gasteiger charge is -2.57. The van der Waals surface area contributed by atoms with Gasteiger partial charge in [0.1, 0.15) is 0 Å². The van der Waals surface area contributed by atoms with Gasteiger partial charge in [0.05, 0.1) is 12.4 Å². The summed E-state index contributed by atoms with van der Waals surface area (Å²) in [6, 6.07) is 17.1. The summed E-state index contributed by atoms with van der Waals surface area (Å²) in [7, 11) is -3.22. The van der Waals surface area contributed by atoms with Crippen molar-refractivity contribution in [1.82, 2.24) is 9.21 Å². The summed E-state index contributed by atoms with van der Waals surface area (Å²) in [4.78, 5) is 2.32. The Kier molecular flexibility index (Phi) is 6.30. The molecule has 1 N–H and O–H groups in total. The fourth-order valence-electron chi connectivity index (χ4n) is 5.13. The van der Waals surface area contributed by atoms with Gasteiger partial charge in [-0.15, -0.1) is 0 Å². The fourth-order valence-corrected chi connectivity index (χ4v) is 6.28. The number of aryl methyl sites for hydroxylation is 1. The van der Waals surface area contributed by atoms with Gasteiger partial charge in [-0.25, -0.2) is 12.7 Å². The van der Waals surface area contributed by atoms with E-state index in [2.05, 4.69) is 54.3 Å². The predicted octanol–water partition coefficient (Wildman–Crippen LogP) is 3.24. The molecule has 0 aromatic heterocycles. The number of fused-ring (bicyclic) bond motifs is 1. The number of nitrogens with zero attached hydrogens (tertiary/aromatic N) is 2. The first kappa shape index (κ1) is 21.5. The summed E-state index contributed by atoms with van der Waals surface area (Å²) in [5, 5.41) is 10.1. The number of hydrogen-bond donors (Lipinski definition) is 1. The maximum absolute atomic E-state index is 12.6. The first-order chi connectivity index (χ1) is 14.5.